The number of amides is 2. The average molecular weight is 184 g/mol. The second kappa shape index (κ2) is 4.11. The van der Waals surface area contributed by atoms with Crippen molar-refractivity contribution in [3.05, 3.63) is 0 Å². The highest BCUT2D eigenvalue weighted by atomic mass is 16.2. The number of carbonyl (C=O) groups is 1. The molecule has 1 aliphatic heterocycles. The molecule has 1 rings (SSSR count). The van der Waals surface area contributed by atoms with E-state index in [1.54, 1.807) is 11.8 Å². The summed E-state index contributed by atoms with van der Waals surface area (Å²) in [5, 5.41) is 9.77. The monoisotopic (exact) mass is 184 g/mol. The quantitative estimate of drug-likeness (QED) is 0.420. The van der Waals surface area contributed by atoms with E-state index in [0.29, 0.717) is 0 Å². The molecule has 1 heterocycles. The van der Waals surface area contributed by atoms with Crippen LogP contribution in [-0.4, -0.2) is 35.9 Å². The minimum Gasteiger partial charge on any atom is -0.386 e. The van der Waals surface area contributed by atoms with Crippen LogP contribution < -0.4 is 11.1 Å². The Kier molecular flexibility index (Phi) is 3.11. The maximum Gasteiger partial charge on any atom is 0.317 e. The van der Waals surface area contributed by atoms with E-state index in [0.717, 1.165) is 25.9 Å². The minimum atomic E-state index is -0.368. The number of carbonyl (C=O) groups excluding carboxylic acids is 1. The van der Waals surface area contributed by atoms with E-state index in [-0.39, 0.29) is 17.9 Å². The van der Waals surface area contributed by atoms with E-state index in [2.05, 4.69) is 5.32 Å². The Hall–Kier alpha value is -1.26. The topological polar surface area (TPSA) is 82.2 Å². The van der Waals surface area contributed by atoms with Gasteiger partial charge in [-0.3, -0.25) is 5.41 Å². The van der Waals surface area contributed by atoms with Gasteiger partial charge in [0.2, 0.25) is 0 Å². The van der Waals surface area contributed by atoms with Crippen LogP contribution in [0, 0.1) is 5.41 Å². The molecule has 0 aromatic rings. The maximum atomic E-state index is 11.4. The van der Waals surface area contributed by atoms with Crippen LogP contribution in [0.25, 0.3) is 0 Å². The van der Waals surface area contributed by atoms with E-state index >= 15 is 0 Å². The van der Waals surface area contributed by atoms with Gasteiger partial charge in [-0.2, -0.15) is 0 Å². The van der Waals surface area contributed by atoms with Gasteiger partial charge in [0.1, 0.15) is 5.84 Å². The Balaban J connectivity index is 2.35. The fourth-order valence-electron chi connectivity index (χ4n) is 1.27. The predicted octanol–water partition coefficient (Wildman–Crippen LogP) is 0.116. The van der Waals surface area contributed by atoms with Crippen LogP contribution in [0.4, 0.5) is 4.79 Å². The molecule has 0 aliphatic carbocycles. The predicted molar refractivity (Wildman–Crippen MR) is 50.7 cm³/mol. The Morgan fingerprint density at radius 3 is 2.54 bits per heavy atom. The lowest BCUT2D eigenvalue weighted by atomic mass is 10.3. The van der Waals surface area contributed by atoms with E-state index in [9.17, 15) is 4.79 Å². The van der Waals surface area contributed by atoms with Gasteiger partial charge in [0, 0.05) is 13.1 Å². The molecule has 0 saturated carbocycles. The van der Waals surface area contributed by atoms with Gasteiger partial charge in [0.25, 0.3) is 0 Å². The fraction of sp³-hybridized carbons (Fsp3) is 0.750. The molecule has 13 heavy (non-hydrogen) atoms. The van der Waals surface area contributed by atoms with Crippen molar-refractivity contribution in [3.63, 3.8) is 0 Å². The summed E-state index contributed by atoms with van der Waals surface area (Å²) in [7, 11) is 0. The first-order valence-electron chi connectivity index (χ1n) is 4.50. The standard InChI is InChI=1S/C8H16N4O/c1-6(7(9)10)11-8(13)12-4-2-3-5-12/h6H,2-5H2,1H3,(H3,9,10)(H,11,13). The number of hydrogen-bond donors (Lipinski definition) is 3. The fourth-order valence-corrected chi connectivity index (χ4v) is 1.27. The Morgan fingerprint density at radius 1 is 1.54 bits per heavy atom. The van der Waals surface area contributed by atoms with Crippen molar-refractivity contribution in [1.82, 2.24) is 10.2 Å². The SMILES string of the molecule is CC(NC(=O)N1CCCC1)C(=N)N. The molecule has 74 valence electrons. The van der Waals surface area contributed by atoms with Gasteiger partial charge in [-0.05, 0) is 19.8 Å². The first-order valence-corrected chi connectivity index (χ1v) is 4.50. The lowest BCUT2D eigenvalue weighted by Crippen LogP contribution is -2.47. The molecular formula is C8H16N4O. The van der Waals surface area contributed by atoms with Crippen LogP contribution in [-0.2, 0) is 0 Å². The Morgan fingerprint density at radius 2 is 2.08 bits per heavy atom. The summed E-state index contributed by atoms with van der Waals surface area (Å²) in [5.74, 6) is -0.00690. The zero-order valence-electron chi connectivity index (χ0n) is 7.84. The normalized spacial score (nSPS) is 18.4. The molecule has 0 aromatic carbocycles. The minimum absolute atomic E-state index is 0.00690. The van der Waals surface area contributed by atoms with E-state index in [1.165, 1.54) is 0 Å². The molecule has 1 saturated heterocycles. The van der Waals surface area contributed by atoms with Gasteiger partial charge < -0.3 is 16.0 Å². The summed E-state index contributed by atoms with van der Waals surface area (Å²) < 4.78 is 0. The molecule has 5 heteroatoms. The molecule has 1 aliphatic rings. The third kappa shape index (κ3) is 2.61. The molecule has 0 spiro atoms. The first-order chi connectivity index (χ1) is 6.11. The van der Waals surface area contributed by atoms with Gasteiger partial charge in [-0.25, -0.2) is 4.79 Å². The highest BCUT2D eigenvalue weighted by Crippen LogP contribution is 2.06. The first kappa shape index (κ1) is 9.83. The zero-order valence-corrected chi connectivity index (χ0v) is 7.84. The summed E-state index contributed by atoms with van der Waals surface area (Å²) in [6.07, 6.45) is 2.14. The van der Waals surface area contributed by atoms with Crippen LogP contribution in [0.1, 0.15) is 19.8 Å². The molecule has 2 amide bonds. The molecule has 1 unspecified atom stereocenters. The third-order valence-electron chi connectivity index (χ3n) is 2.20. The van der Waals surface area contributed by atoms with Crippen molar-refractivity contribution in [2.45, 2.75) is 25.8 Å². The summed E-state index contributed by atoms with van der Waals surface area (Å²) in [6.45, 7) is 3.34. The number of nitrogens with one attached hydrogen (secondary N) is 2. The summed E-state index contributed by atoms with van der Waals surface area (Å²) in [6, 6.07) is -0.478. The molecular weight excluding hydrogens is 168 g/mol. The van der Waals surface area contributed by atoms with Crippen LogP contribution in [0.15, 0.2) is 0 Å². The molecule has 5 nitrogen and oxygen atoms in total. The number of urea groups is 1. The van der Waals surface area contributed by atoms with Crippen molar-refractivity contribution < 1.29 is 4.79 Å². The zero-order chi connectivity index (χ0) is 9.84. The molecule has 1 atom stereocenters. The summed E-state index contributed by atoms with van der Waals surface area (Å²) >= 11 is 0. The van der Waals surface area contributed by atoms with Gasteiger partial charge in [0.05, 0.1) is 6.04 Å². The van der Waals surface area contributed by atoms with Gasteiger partial charge in [-0.1, -0.05) is 0 Å². The van der Waals surface area contributed by atoms with Crippen LogP contribution >= 0.6 is 0 Å². The van der Waals surface area contributed by atoms with Crippen molar-refractivity contribution in [1.29, 1.82) is 5.41 Å². The Labute approximate surface area is 77.8 Å². The largest absolute Gasteiger partial charge is 0.386 e. The average Bonchev–Trinajstić information content (AvgIpc) is 2.55. The molecule has 0 aromatic heterocycles. The van der Waals surface area contributed by atoms with Crippen LogP contribution in [0.5, 0.6) is 0 Å². The number of amidine groups is 1. The highest BCUT2D eigenvalue weighted by molar-refractivity contribution is 5.87. The second-order valence-electron chi connectivity index (χ2n) is 3.32. The van der Waals surface area contributed by atoms with E-state index in [1.807, 2.05) is 0 Å². The van der Waals surface area contributed by atoms with Gasteiger partial charge in [-0.15, -0.1) is 0 Å². The number of hydrogen-bond acceptors (Lipinski definition) is 2. The third-order valence-corrected chi connectivity index (χ3v) is 2.20. The summed E-state index contributed by atoms with van der Waals surface area (Å²) in [5.41, 5.74) is 5.23. The van der Waals surface area contributed by atoms with Crippen molar-refractivity contribution >= 4 is 11.9 Å². The van der Waals surface area contributed by atoms with Crippen LogP contribution in [0.2, 0.25) is 0 Å². The molecule has 0 radical (unpaired) electrons. The van der Waals surface area contributed by atoms with Crippen molar-refractivity contribution in [2.24, 2.45) is 5.73 Å². The number of likely N-dealkylation sites (tertiary alicyclic amines) is 1. The molecule has 4 N–H and O–H groups in total. The number of nitrogens with two attached hydrogens (primary N) is 1. The van der Waals surface area contributed by atoms with Gasteiger partial charge in [0.15, 0.2) is 0 Å². The second-order valence-corrected chi connectivity index (χ2v) is 3.32. The van der Waals surface area contributed by atoms with Crippen LogP contribution in [0.3, 0.4) is 0 Å². The number of nitrogens with zero attached hydrogens (tertiary/aromatic N) is 1. The van der Waals surface area contributed by atoms with Crippen molar-refractivity contribution in [3.8, 4) is 0 Å². The lowest BCUT2D eigenvalue weighted by molar-refractivity contribution is 0.208. The summed E-state index contributed by atoms with van der Waals surface area (Å²) in [4.78, 5) is 13.2. The highest BCUT2D eigenvalue weighted by Gasteiger charge is 2.19. The lowest BCUT2D eigenvalue weighted by Gasteiger charge is -2.19. The van der Waals surface area contributed by atoms with E-state index in [4.69, 9.17) is 11.1 Å². The molecule has 1 fully saturated rings. The molecule has 0 bridgehead atoms. The number of rotatable bonds is 2. The van der Waals surface area contributed by atoms with E-state index < -0.39 is 0 Å². The Bertz CT molecular complexity index is 210. The van der Waals surface area contributed by atoms with Gasteiger partial charge >= 0.3 is 6.03 Å². The van der Waals surface area contributed by atoms with Crippen molar-refractivity contribution in [2.75, 3.05) is 13.1 Å². The maximum absolute atomic E-state index is 11.4. The smallest absolute Gasteiger partial charge is 0.317 e.